The zero-order chi connectivity index (χ0) is 26.5. The Morgan fingerprint density at radius 1 is 0.909 bits per heavy atom. The van der Waals surface area contributed by atoms with Crippen molar-refractivity contribution in [2.45, 2.75) is 32.0 Å². The zero-order valence-electron chi connectivity index (χ0n) is 23.1. The normalized spacial score (nSPS) is 19.7. The SMILES string of the molecule is [2H]C1([2H])c2cccc(-c3c(F)ccc4c3oc3c(-c5cccc[n+]5C)c(C)ccc34)c2C([2H])([2H])[Si]1(C)C. The van der Waals surface area contributed by atoms with Crippen molar-refractivity contribution in [3.63, 3.8) is 0 Å². The number of pyridine rings is 1. The fraction of sp³-hybridized carbons (Fsp3) is 0.207. The quantitative estimate of drug-likeness (QED) is 0.205. The van der Waals surface area contributed by atoms with Gasteiger partial charge in [0.25, 0.3) is 0 Å². The average molecular weight is 457 g/mol. The van der Waals surface area contributed by atoms with E-state index in [1.807, 2.05) is 55.1 Å². The summed E-state index contributed by atoms with van der Waals surface area (Å²) in [4.78, 5) is 0. The summed E-state index contributed by atoms with van der Waals surface area (Å²) in [5.74, 6) is -4.22. The van der Waals surface area contributed by atoms with Crippen LogP contribution in [0.4, 0.5) is 4.39 Å². The largest absolute Gasteiger partial charge is 0.454 e. The minimum atomic E-state index is -3.14. The highest BCUT2D eigenvalue weighted by atomic mass is 28.3. The Bertz CT molecular complexity index is 1760. The van der Waals surface area contributed by atoms with Gasteiger partial charge in [0.15, 0.2) is 6.20 Å². The molecule has 5 aromatic rings. The summed E-state index contributed by atoms with van der Waals surface area (Å²) >= 11 is 0. The van der Waals surface area contributed by atoms with E-state index in [4.69, 9.17) is 9.90 Å². The molecule has 0 amide bonds. The molecule has 0 unspecified atom stereocenters. The van der Waals surface area contributed by atoms with Gasteiger partial charge in [0.05, 0.1) is 19.2 Å². The van der Waals surface area contributed by atoms with Crippen LogP contribution in [-0.2, 0) is 19.0 Å². The standard InChI is InChI=1S/C29H27FNOSi/c1-18-11-12-21-22-13-14-24(30)27(20-9-7-8-19-16-33(3,4)17-23(19)20)29(22)32-28(21)26(18)25-10-5-6-15-31(25)2/h5-15H,16-17H2,1-4H3/q+1/i16D2,17D2. The molecule has 0 fully saturated rings. The van der Waals surface area contributed by atoms with Gasteiger partial charge < -0.3 is 4.42 Å². The lowest BCUT2D eigenvalue weighted by molar-refractivity contribution is -0.660. The van der Waals surface area contributed by atoms with E-state index in [2.05, 4.69) is 0 Å². The van der Waals surface area contributed by atoms with Gasteiger partial charge in [-0.1, -0.05) is 43.4 Å². The number of benzene rings is 3. The molecule has 0 radical (unpaired) electrons. The lowest BCUT2D eigenvalue weighted by atomic mass is 9.94. The van der Waals surface area contributed by atoms with Crippen molar-refractivity contribution in [1.29, 1.82) is 0 Å². The Hall–Kier alpha value is -3.24. The van der Waals surface area contributed by atoms with E-state index in [9.17, 15) is 0 Å². The van der Waals surface area contributed by atoms with Crippen LogP contribution in [0, 0.1) is 12.7 Å². The van der Waals surface area contributed by atoms with E-state index in [1.165, 1.54) is 6.07 Å². The van der Waals surface area contributed by atoms with Crippen LogP contribution in [0.3, 0.4) is 0 Å². The minimum absolute atomic E-state index is 0.179. The fourth-order valence-corrected chi connectivity index (χ4v) is 6.85. The third kappa shape index (κ3) is 3.08. The van der Waals surface area contributed by atoms with E-state index >= 15 is 4.39 Å². The summed E-state index contributed by atoms with van der Waals surface area (Å²) in [5.41, 5.74) is 4.98. The Kier molecular flexibility index (Phi) is 3.54. The molecule has 6 rings (SSSR count). The van der Waals surface area contributed by atoms with Crippen LogP contribution in [0.15, 0.2) is 71.3 Å². The smallest absolute Gasteiger partial charge is 0.216 e. The number of aryl methyl sites for hydroxylation is 2. The molecule has 164 valence electrons. The summed E-state index contributed by atoms with van der Waals surface area (Å²) in [6.07, 6.45) is 1.97. The van der Waals surface area contributed by atoms with Crippen LogP contribution in [0.25, 0.3) is 44.3 Å². The summed E-state index contributed by atoms with van der Waals surface area (Å²) in [7, 11) is -1.17. The van der Waals surface area contributed by atoms with Gasteiger partial charge in [0, 0.05) is 28.4 Å². The van der Waals surface area contributed by atoms with Gasteiger partial charge in [0.1, 0.15) is 24.0 Å². The molecule has 1 aliphatic heterocycles. The van der Waals surface area contributed by atoms with Gasteiger partial charge in [-0.2, -0.15) is 0 Å². The van der Waals surface area contributed by atoms with Gasteiger partial charge in [-0.25, -0.2) is 8.96 Å². The predicted molar refractivity (Wildman–Crippen MR) is 135 cm³/mol. The molecular formula is C29H27FNOSi+. The number of aromatic nitrogens is 1. The van der Waals surface area contributed by atoms with E-state index in [1.54, 1.807) is 37.4 Å². The van der Waals surface area contributed by atoms with Crippen molar-refractivity contribution in [2.24, 2.45) is 7.05 Å². The highest BCUT2D eigenvalue weighted by molar-refractivity contribution is 6.77. The molecule has 0 saturated heterocycles. The molecule has 2 nitrogen and oxygen atoms in total. The fourth-order valence-electron chi connectivity index (χ4n) is 5.01. The second-order valence-corrected chi connectivity index (χ2v) is 13.1. The van der Waals surface area contributed by atoms with Gasteiger partial charge in [0.2, 0.25) is 5.69 Å². The topological polar surface area (TPSA) is 17.0 Å². The van der Waals surface area contributed by atoms with Gasteiger partial charge in [-0.3, -0.25) is 0 Å². The first kappa shape index (κ1) is 16.4. The molecule has 3 heterocycles. The number of halogens is 1. The van der Waals surface area contributed by atoms with Crippen LogP contribution >= 0.6 is 0 Å². The third-order valence-electron chi connectivity index (χ3n) is 6.50. The van der Waals surface area contributed by atoms with Crippen molar-refractivity contribution in [1.82, 2.24) is 0 Å². The van der Waals surface area contributed by atoms with E-state index in [-0.39, 0.29) is 11.1 Å². The lowest BCUT2D eigenvalue weighted by Crippen LogP contribution is -2.30. The molecule has 0 N–H and O–H groups in total. The highest BCUT2D eigenvalue weighted by Gasteiger charge is 2.33. The molecule has 4 heteroatoms. The Balaban J connectivity index is 1.73. The van der Waals surface area contributed by atoms with Gasteiger partial charge >= 0.3 is 0 Å². The maximum atomic E-state index is 15.7. The summed E-state index contributed by atoms with van der Waals surface area (Å²) < 4.78 is 60.0. The first-order valence-corrected chi connectivity index (χ1v) is 14.1. The summed E-state index contributed by atoms with van der Waals surface area (Å²) in [6, 6.07) is 18.1. The highest BCUT2D eigenvalue weighted by Crippen LogP contribution is 2.44. The minimum Gasteiger partial charge on any atom is -0.454 e. The summed E-state index contributed by atoms with van der Waals surface area (Å²) in [6.45, 7) is 5.47. The van der Waals surface area contributed by atoms with Crippen molar-refractivity contribution >= 4 is 30.0 Å². The molecule has 3 aromatic carbocycles. The van der Waals surface area contributed by atoms with Crippen LogP contribution in [0.5, 0.6) is 0 Å². The molecule has 1 aliphatic rings. The van der Waals surface area contributed by atoms with Crippen molar-refractivity contribution in [2.75, 3.05) is 0 Å². The number of hydrogen-bond acceptors (Lipinski definition) is 1. The first-order valence-electron chi connectivity index (χ1n) is 13.1. The third-order valence-corrected chi connectivity index (χ3v) is 8.27. The van der Waals surface area contributed by atoms with Gasteiger partial charge in [-0.05, 0) is 59.4 Å². The Labute approximate surface area is 199 Å². The molecule has 33 heavy (non-hydrogen) atoms. The first-order chi connectivity index (χ1) is 17.4. The molecule has 0 bridgehead atoms. The number of rotatable bonds is 2. The summed E-state index contributed by atoms with van der Waals surface area (Å²) in [5, 5.41) is 1.59. The molecule has 0 atom stereocenters. The lowest BCUT2D eigenvalue weighted by Gasteiger charge is -2.13. The molecule has 2 aromatic heterocycles. The molecule has 0 aliphatic carbocycles. The van der Waals surface area contributed by atoms with E-state index < -0.39 is 25.9 Å². The Morgan fingerprint density at radius 2 is 1.67 bits per heavy atom. The monoisotopic (exact) mass is 456 g/mol. The van der Waals surface area contributed by atoms with Gasteiger partial charge in [-0.15, -0.1) is 0 Å². The number of fused-ring (bicyclic) bond motifs is 4. The average Bonchev–Trinajstić information content (AvgIpc) is 3.26. The molecule has 0 saturated carbocycles. The number of furan rings is 1. The van der Waals surface area contributed by atoms with Crippen LogP contribution in [0.2, 0.25) is 13.1 Å². The maximum Gasteiger partial charge on any atom is 0.216 e. The van der Waals surface area contributed by atoms with Crippen LogP contribution in [-0.4, -0.2) is 8.07 Å². The van der Waals surface area contributed by atoms with Crippen molar-refractivity contribution in [3.05, 3.63) is 89.4 Å². The predicted octanol–water partition coefficient (Wildman–Crippen LogP) is 7.08. The molecule has 0 spiro atoms. The Morgan fingerprint density at radius 3 is 2.45 bits per heavy atom. The van der Waals surface area contributed by atoms with Crippen LogP contribution in [0.1, 0.15) is 22.2 Å². The van der Waals surface area contributed by atoms with E-state index in [0.717, 1.165) is 27.6 Å². The zero-order valence-corrected chi connectivity index (χ0v) is 20.1. The molecular weight excluding hydrogens is 425 g/mol. The second kappa shape index (κ2) is 7.13. The van der Waals surface area contributed by atoms with E-state index in [0.29, 0.717) is 22.3 Å². The van der Waals surface area contributed by atoms with Crippen molar-refractivity contribution < 1.29 is 18.9 Å². The number of nitrogens with zero attached hydrogens (tertiary/aromatic N) is 1. The maximum absolute atomic E-state index is 15.7. The number of hydrogen-bond donors (Lipinski definition) is 0. The second-order valence-electron chi connectivity index (χ2n) is 9.34. The van der Waals surface area contributed by atoms with Crippen molar-refractivity contribution in [3.8, 4) is 22.4 Å². The van der Waals surface area contributed by atoms with Crippen LogP contribution < -0.4 is 4.57 Å².